The van der Waals surface area contributed by atoms with E-state index in [4.69, 9.17) is 4.74 Å². The monoisotopic (exact) mass is 454 g/mol. The Balaban J connectivity index is 0.00000157. The number of aliphatic imine (C=N–C) groups is 1. The number of rotatable bonds is 2. The molecule has 3 fully saturated rings. The van der Waals surface area contributed by atoms with Gasteiger partial charge in [0.05, 0.1) is 31.2 Å². The first-order valence-electron chi connectivity index (χ1n) is 8.79. The van der Waals surface area contributed by atoms with Crippen LogP contribution in [0.25, 0.3) is 0 Å². The molecule has 134 valence electrons. The summed E-state index contributed by atoms with van der Waals surface area (Å²) in [6, 6.07) is 10.8. The van der Waals surface area contributed by atoms with Gasteiger partial charge in [0.15, 0.2) is 11.6 Å². The number of halogens is 1. The van der Waals surface area contributed by atoms with Crippen molar-refractivity contribution in [1.29, 1.82) is 0 Å². The first-order chi connectivity index (χ1) is 11.7. The van der Waals surface area contributed by atoms with Gasteiger partial charge in [-0.05, 0) is 31.2 Å². The fraction of sp³-hybridized carbons (Fsp3) is 0.556. The van der Waals surface area contributed by atoms with Crippen LogP contribution < -0.4 is 10.6 Å². The summed E-state index contributed by atoms with van der Waals surface area (Å²) < 4.78 is 5.68. The van der Waals surface area contributed by atoms with Crippen LogP contribution in [0.1, 0.15) is 24.8 Å². The first-order valence-corrected chi connectivity index (χ1v) is 8.79. The van der Waals surface area contributed by atoms with Crippen LogP contribution in [0.2, 0.25) is 0 Å². The van der Waals surface area contributed by atoms with Crippen molar-refractivity contribution in [1.82, 2.24) is 15.5 Å². The van der Waals surface area contributed by atoms with Gasteiger partial charge in [-0.15, -0.1) is 24.0 Å². The van der Waals surface area contributed by atoms with E-state index in [-0.39, 0.29) is 41.2 Å². The van der Waals surface area contributed by atoms with Crippen LogP contribution in [-0.2, 0) is 11.2 Å². The zero-order valence-corrected chi connectivity index (χ0v) is 16.4. The molecule has 2 N–H and O–H groups in total. The number of nitrogens with zero attached hydrogens (tertiary/aromatic N) is 2. The molecular weight excluding hydrogens is 431 g/mol. The van der Waals surface area contributed by atoms with E-state index in [1.165, 1.54) is 12.0 Å². The number of fused-ring (bicyclic) bond motifs is 1. The third-order valence-electron chi connectivity index (χ3n) is 6.02. The average Bonchev–Trinajstić information content (AvgIpc) is 3.08. The Bertz CT molecular complexity index is 698. The minimum absolute atomic E-state index is 0. The molecule has 0 bridgehead atoms. The quantitative estimate of drug-likeness (QED) is 0.671. The number of carbonyl (C=O) groups is 1. The second-order valence-corrected chi connectivity index (χ2v) is 7.50. The summed E-state index contributed by atoms with van der Waals surface area (Å²) in [5.74, 6) is 0.957. The summed E-state index contributed by atoms with van der Waals surface area (Å²) in [6.07, 6.45) is 3.96. The van der Waals surface area contributed by atoms with Gasteiger partial charge in [0.1, 0.15) is 0 Å². The van der Waals surface area contributed by atoms with Gasteiger partial charge in [-0.2, -0.15) is 0 Å². The molecule has 1 aromatic rings. The first kappa shape index (κ1) is 16.9. The summed E-state index contributed by atoms with van der Waals surface area (Å²) in [4.78, 5) is 18.6. The highest BCUT2D eigenvalue weighted by molar-refractivity contribution is 14.0. The van der Waals surface area contributed by atoms with Crippen molar-refractivity contribution in [3.63, 3.8) is 0 Å². The molecule has 0 radical (unpaired) electrons. The van der Waals surface area contributed by atoms with Crippen molar-refractivity contribution in [2.24, 2.45) is 4.99 Å². The molecule has 6 nitrogen and oxygen atoms in total. The normalized spacial score (nSPS) is 27.5. The molecule has 4 aliphatic rings. The predicted molar refractivity (Wildman–Crippen MR) is 105 cm³/mol. The van der Waals surface area contributed by atoms with Crippen LogP contribution in [-0.4, -0.2) is 53.8 Å². The molecule has 1 aromatic carbocycles. The van der Waals surface area contributed by atoms with E-state index in [0.717, 1.165) is 44.9 Å². The summed E-state index contributed by atoms with van der Waals surface area (Å²) in [6.45, 7) is 2.29. The maximum Gasteiger partial charge on any atom is 0.408 e. The van der Waals surface area contributed by atoms with E-state index in [0.29, 0.717) is 6.04 Å². The molecular formula is C18H23IN4O2. The maximum atomic E-state index is 11.7. The second-order valence-electron chi connectivity index (χ2n) is 7.50. The fourth-order valence-electron chi connectivity index (χ4n) is 4.48. The highest BCUT2D eigenvalue weighted by atomic mass is 127. The van der Waals surface area contributed by atoms with E-state index in [2.05, 4.69) is 44.8 Å². The van der Waals surface area contributed by atoms with Gasteiger partial charge in [0.25, 0.3) is 0 Å². The van der Waals surface area contributed by atoms with Crippen LogP contribution in [0.3, 0.4) is 0 Å². The lowest BCUT2D eigenvalue weighted by Gasteiger charge is -2.57. The number of carbonyl (C=O) groups excluding carboxylic acids is 1. The molecule has 5 rings (SSSR count). The highest BCUT2D eigenvalue weighted by Crippen LogP contribution is 2.50. The standard InChI is InChI=1S/C18H22N4O2.HI/c23-16-21-17(7-4-8-17)18(24-16)11-22(12-18)15-19-10-14(20-15)9-13-5-2-1-3-6-13;/h1-3,5-6,14H,4,7-12H2,(H,19,20)(H,21,23);1H. The Morgan fingerprint density at radius 2 is 2.00 bits per heavy atom. The Morgan fingerprint density at radius 3 is 2.68 bits per heavy atom. The molecule has 1 atom stereocenters. The zero-order valence-electron chi connectivity index (χ0n) is 14.0. The minimum Gasteiger partial charge on any atom is -0.437 e. The number of hydrogen-bond acceptors (Lipinski definition) is 5. The average molecular weight is 454 g/mol. The van der Waals surface area contributed by atoms with Crippen LogP contribution in [0.5, 0.6) is 0 Å². The summed E-state index contributed by atoms with van der Waals surface area (Å²) in [7, 11) is 0. The molecule has 1 unspecified atom stereocenters. The fourth-order valence-corrected chi connectivity index (χ4v) is 4.48. The summed E-state index contributed by atoms with van der Waals surface area (Å²) in [5, 5.41) is 6.60. The van der Waals surface area contributed by atoms with Crippen LogP contribution in [0.4, 0.5) is 4.79 Å². The number of likely N-dealkylation sites (tertiary alicyclic amines) is 1. The zero-order chi connectivity index (χ0) is 16.2. The van der Waals surface area contributed by atoms with Crippen LogP contribution in [0, 0.1) is 0 Å². The number of alkyl carbamates (subject to hydrolysis) is 1. The van der Waals surface area contributed by atoms with Crippen LogP contribution in [0.15, 0.2) is 35.3 Å². The lowest BCUT2D eigenvalue weighted by molar-refractivity contribution is -0.114. The van der Waals surface area contributed by atoms with Crippen LogP contribution >= 0.6 is 24.0 Å². The summed E-state index contributed by atoms with van der Waals surface area (Å²) in [5.41, 5.74) is 0.863. The minimum atomic E-state index is -0.343. The van der Waals surface area contributed by atoms with E-state index >= 15 is 0 Å². The maximum absolute atomic E-state index is 11.7. The number of nitrogens with one attached hydrogen (secondary N) is 2. The van der Waals surface area contributed by atoms with Crippen molar-refractivity contribution in [2.45, 2.75) is 42.9 Å². The molecule has 3 heterocycles. The number of ether oxygens (including phenoxy) is 1. The molecule has 25 heavy (non-hydrogen) atoms. The molecule has 1 saturated carbocycles. The van der Waals surface area contributed by atoms with Crippen molar-refractivity contribution >= 4 is 36.0 Å². The Morgan fingerprint density at radius 1 is 1.24 bits per heavy atom. The summed E-state index contributed by atoms with van der Waals surface area (Å²) >= 11 is 0. The Kier molecular flexibility index (Phi) is 4.09. The van der Waals surface area contributed by atoms with Gasteiger partial charge < -0.3 is 20.3 Å². The van der Waals surface area contributed by atoms with Gasteiger partial charge in [-0.25, -0.2) is 4.79 Å². The molecule has 2 spiro atoms. The molecule has 3 aliphatic heterocycles. The smallest absolute Gasteiger partial charge is 0.408 e. The number of amides is 1. The number of guanidine groups is 1. The van der Waals surface area contributed by atoms with Crippen molar-refractivity contribution in [3.05, 3.63) is 35.9 Å². The largest absolute Gasteiger partial charge is 0.437 e. The SMILES string of the molecule is I.O=C1NC2(CCC2)C2(CN(C3=NCC(Cc4ccccc4)N3)C2)O1. The van der Waals surface area contributed by atoms with E-state index in [1.807, 2.05) is 6.07 Å². The topological polar surface area (TPSA) is 66.0 Å². The Hall–Kier alpha value is -1.51. The lowest BCUT2D eigenvalue weighted by Crippen LogP contribution is -2.77. The molecule has 1 amide bonds. The third kappa shape index (κ3) is 2.58. The van der Waals surface area contributed by atoms with Gasteiger partial charge in [0.2, 0.25) is 0 Å². The van der Waals surface area contributed by atoms with Gasteiger partial charge in [-0.3, -0.25) is 4.99 Å². The van der Waals surface area contributed by atoms with Crippen molar-refractivity contribution in [2.75, 3.05) is 19.6 Å². The highest BCUT2D eigenvalue weighted by Gasteiger charge is 2.68. The van der Waals surface area contributed by atoms with Gasteiger partial charge >= 0.3 is 6.09 Å². The third-order valence-corrected chi connectivity index (χ3v) is 6.02. The van der Waals surface area contributed by atoms with E-state index in [1.54, 1.807) is 0 Å². The predicted octanol–water partition coefficient (Wildman–Crippen LogP) is 1.89. The molecule has 0 aromatic heterocycles. The van der Waals surface area contributed by atoms with Crippen molar-refractivity contribution < 1.29 is 9.53 Å². The van der Waals surface area contributed by atoms with Gasteiger partial charge in [-0.1, -0.05) is 30.3 Å². The van der Waals surface area contributed by atoms with E-state index in [9.17, 15) is 4.79 Å². The van der Waals surface area contributed by atoms with Crippen molar-refractivity contribution in [3.8, 4) is 0 Å². The molecule has 7 heteroatoms. The Labute approximate surface area is 164 Å². The van der Waals surface area contributed by atoms with E-state index < -0.39 is 0 Å². The van der Waals surface area contributed by atoms with Gasteiger partial charge in [0, 0.05) is 0 Å². The second kappa shape index (κ2) is 6.03. The molecule has 2 saturated heterocycles. The number of hydrogen-bond donors (Lipinski definition) is 2. The number of benzene rings is 1. The lowest BCUT2D eigenvalue weighted by atomic mass is 9.63. The molecule has 1 aliphatic carbocycles.